The molecule has 0 spiro atoms. The maximum atomic E-state index is 6.15. The molecular weight excluding hydrogens is 260 g/mol. The van der Waals surface area contributed by atoms with Crippen LogP contribution in [0.4, 0.5) is 0 Å². The molecule has 1 aromatic rings. The quantitative estimate of drug-likeness (QED) is 0.785. The molecule has 0 aromatic heterocycles. The number of nitrogens with two attached hydrogens (primary N) is 1. The Morgan fingerprint density at radius 2 is 1.90 bits per heavy atom. The van der Waals surface area contributed by atoms with Crippen LogP contribution in [-0.4, -0.2) is 44.3 Å². The zero-order valence-corrected chi connectivity index (χ0v) is 13.6. The molecule has 0 aliphatic heterocycles. The van der Waals surface area contributed by atoms with Crippen molar-refractivity contribution in [1.29, 1.82) is 0 Å². The predicted molar refractivity (Wildman–Crippen MR) is 88.6 cm³/mol. The standard InChI is InChI=1S/C18H30N2O/c1-20(13-6-14-21-2)18(15-19)11-9-17(10-12-18)16-7-4-3-5-8-16/h3-5,7-8,17H,6,9-15,19H2,1-2H3. The summed E-state index contributed by atoms with van der Waals surface area (Å²) in [7, 11) is 4.00. The van der Waals surface area contributed by atoms with E-state index in [-0.39, 0.29) is 5.54 Å². The van der Waals surface area contributed by atoms with Gasteiger partial charge in [-0.3, -0.25) is 4.90 Å². The summed E-state index contributed by atoms with van der Waals surface area (Å²) >= 11 is 0. The molecule has 1 fully saturated rings. The van der Waals surface area contributed by atoms with Crippen molar-refractivity contribution in [2.24, 2.45) is 5.73 Å². The number of rotatable bonds is 7. The topological polar surface area (TPSA) is 38.5 Å². The van der Waals surface area contributed by atoms with Crippen molar-refractivity contribution < 1.29 is 4.74 Å². The van der Waals surface area contributed by atoms with Crippen molar-refractivity contribution in [3.8, 4) is 0 Å². The van der Waals surface area contributed by atoms with Crippen LogP contribution < -0.4 is 5.73 Å². The number of nitrogens with zero attached hydrogens (tertiary/aromatic N) is 1. The SMILES string of the molecule is COCCCN(C)C1(CN)CCC(c2ccccc2)CC1. The Bertz CT molecular complexity index is 399. The second kappa shape index (κ2) is 7.92. The van der Waals surface area contributed by atoms with Gasteiger partial charge >= 0.3 is 0 Å². The molecule has 0 amide bonds. The highest BCUT2D eigenvalue weighted by molar-refractivity contribution is 5.20. The van der Waals surface area contributed by atoms with Gasteiger partial charge in [0.2, 0.25) is 0 Å². The summed E-state index contributed by atoms with van der Waals surface area (Å²) in [5.74, 6) is 0.707. The van der Waals surface area contributed by atoms with E-state index in [4.69, 9.17) is 10.5 Å². The second-order valence-electron chi connectivity index (χ2n) is 6.38. The number of ether oxygens (including phenoxy) is 1. The van der Waals surface area contributed by atoms with Crippen LogP contribution in [0.25, 0.3) is 0 Å². The molecule has 0 radical (unpaired) electrons. The third-order valence-electron chi connectivity index (χ3n) is 5.22. The van der Waals surface area contributed by atoms with E-state index in [1.165, 1.54) is 31.2 Å². The molecule has 1 aromatic carbocycles. The van der Waals surface area contributed by atoms with Crippen molar-refractivity contribution in [3.05, 3.63) is 35.9 Å². The third kappa shape index (κ3) is 4.06. The summed E-state index contributed by atoms with van der Waals surface area (Å²) in [6.07, 6.45) is 5.97. The summed E-state index contributed by atoms with van der Waals surface area (Å²) < 4.78 is 5.16. The van der Waals surface area contributed by atoms with E-state index < -0.39 is 0 Å². The van der Waals surface area contributed by atoms with E-state index >= 15 is 0 Å². The highest BCUT2D eigenvalue weighted by Crippen LogP contribution is 2.40. The number of hydrogen-bond acceptors (Lipinski definition) is 3. The molecule has 118 valence electrons. The first-order valence-electron chi connectivity index (χ1n) is 8.17. The number of benzene rings is 1. The highest BCUT2D eigenvalue weighted by atomic mass is 16.5. The molecule has 1 aliphatic carbocycles. The maximum Gasteiger partial charge on any atom is 0.0474 e. The van der Waals surface area contributed by atoms with Gasteiger partial charge in [-0.1, -0.05) is 30.3 Å². The third-order valence-corrected chi connectivity index (χ3v) is 5.22. The van der Waals surface area contributed by atoms with Crippen molar-refractivity contribution in [1.82, 2.24) is 4.90 Å². The fraction of sp³-hybridized carbons (Fsp3) is 0.667. The molecule has 0 atom stereocenters. The van der Waals surface area contributed by atoms with Crippen LogP contribution in [-0.2, 0) is 4.74 Å². The minimum atomic E-state index is 0.193. The van der Waals surface area contributed by atoms with Gasteiger partial charge in [0.1, 0.15) is 0 Å². The van der Waals surface area contributed by atoms with Crippen LogP contribution in [0.15, 0.2) is 30.3 Å². The van der Waals surface area contributed by atoms with E-state index in [1.807, 2.05) is 0 Å². The van der Waals surface area contributed by atoms with Gasteiger partial charge in [-0.15, -0.1) is 0 Å². The van der Waals surface area contributed by atoms with Crippen molar-refractivity contribution in [2.75, 3.05) is 33.9 Å². The van der Waals surface area contributed by atoms with E-state index in [0.29, 0.717) is 5.92 Å². The van der Waals surface area contributed by atoms with E-state index in [9.17, 15) is 0 Å². The molecule has 1 saturated carbocycles. The Balaban J connectivity index is 1.92. The smallest absolute Gasteiger partial charge is 0.0474 e. The lowest BCUT2D eigenvalue weighted by Crippen LogP contribution is -2.54. The number of hydrogen-bond donors (Lipinski definition) is 1. The molecule has 0 unspecified atom stereocenters. The van der Waals surface area contributed by atoms with E-state index in [2.05, 4.69) is 42.3 Å². The molecule has 3 nitrogen and oxygen atoms in total. The summed E-state index contributed by atoms with van der Waals surface area (Å²) in [5.41, 5.74) is 7.84. The summed E-state index contributed by atoms with van der Waals surface area (Å²) in [5, 5.41) is 0. The van der Waals surface area contributed by atoms with Crippen molar-refractivity contribution in [3.63, 3.8) is 0 Å². The average Bonchev–Trinajstić information content (AvgIpc) is 2.56. The van der Waals surface area contributed by atoms with Crippen LogP contribution in [0.5, 0.6) is 0 Å². The van der Waals surface area contributed by atoms with Gasteiger partial charge in [0.15, 0.2) is 0 Å². The monoisotopic (exact) mass is 290 g/mol. The fourth-order valence-electron chi connectivity index (χ4n) is 3.64. The summed E-state index contributed by atoms with van der Waals surface area (Å²) in [4.78, 5) is 2.48. The molecule has 1 aliphatic rings. The van der Waals surface area contributed by atoms with E-state index in [0.717, 1.165) is 26.1 Å². The number of likely N-dealkylation sites (N-methyl/N-ethyl adjacent to an activating group) is 1. The molecule has 0 bridgehead atoms. The lowest BCUT2D eigenvalue weighted by molar-refractivity contribution is 0.0666. The van der Waals surface area contributed by atoms with Gasteiger partial charge in [0.05, 0.1) is 0 Å². The highest BCUT2D eigenvalue weighted by Gasteiger charge is 2.37. The first-order valence-corrected chi connectivity index (χ1v) is 8.17. The maximum absolute atomic E-state index is 6.15. The average molecular weight is 290 g/mol. The number of methoxy groups -OCH3 is 1. The largest absolute Gasteiger partial charge is 0.385 e. The van der Waals surface area contributed by atoms with Gasteiger partial charge in [-0.05, 0) is 50.6 Å². The van der Waals surface area contributed by atoms with E-state index in [1.54, 1.807) is 7.11 Å². The summed E-state index contributed by atoms with van der Waals surface area (Å²) in [6.45, 7) is 2.66. The molecule has 2 rings (SSSR count). The summed E-state index contributed by atoms with van der Waals surface area (Å²) in [6, 6.07) is 10.9. The molecule has 21 heavy (non-hydrogen) atoms. The van der Waals surface area contributed by atoms with Crippen LogP contribution in [0.2, 0.25) is 0 Å². The molecule has 0 heterocycles. The van der Waals surface area contributed by atoms with Crippen LogP contribution in [0.1, 0.15) is 43.6 Å². The Labute approximate surface area is 129 Å². The van der Waals surface area contributed by atoms with Gasteiger partial charge in [0.25, 0.3) is 0 Å². The van der Waals surface area contributed by atoms with Crippen LogP contribution in [0.3, 0.4) is 0 Å². The van der Waals surface area contributed by atoms with Crippen LogP contribution in [0, 0.1) is 0 Å². The second-order valence-corrected chi connectivity index (χ2v) is 6.38. The molecule has 0 saturated heterocycles. The molecule has 3 heteroatoms. The van der Waals surface area contributed by atoms with Gasteiger partial charge in [-0.2, -0.15) is 0 Å². The molecule has 2 N–H and O–H groups in total. The predicted octanol–water partition coefficient (Wildman–Crippen LogP) is 3.01. The van der Waals surface area contributed by atoms with Gasteiger partial charge < -0.3 is 10.5 Å². The lowest BCUT2D eigenvalue weighted by atomic mass is 9.73. The lowest BCUT2D eigenvalue weighted by Gasteiger charge is -2.46. The zero-order valence-electron chi connectivity index (χ0n) is 13.6. The Kier molecular flexibility index (Phi) is 6.22. The van der Waals surface area contributed by atoms with Crippen molar-refractivity contribution >= 4 is 0 Å². The normalized spacial score (nSPS) is 26.2. The Morgan fingerprint density at radius 3 is 2.48 bits per heavy atom. The Hall–Kier alpha value is -0.900. The Morgan fingerprint density at radius 1 is 1.24 bits per heavy atom. The zero-order chi connectivity index (χ0) is 15.1. The van der Waals surface area contributed by atoms with Gasteiger partial charge in [-0.25, -0.2) is 0 Å². The minimum Gasteiger partial charge on any atom is -0.385 e. The first kappa shape index (κ1) is 16.5. The fourth-order valence-corrected chi connectivity index (χ4v) is 3.64. The minimum absolute atomic E-state index is 0.193. The van der Waals surface area contributed by atoms with Gasteiger partial charge in [0, 0.05) is 32.3 Å². The molecular formula is C18H30N2O. The van der Waals surface area contributed by atoms with Crippen LogP contribution >= 0.6 is 0 Å². The first-order chi connectivity index (χ1) is 10.2. The van der Waals surface area contributed by atoms with Crippen molar-refractivity contribution in [2.45, 2.75) is 43.6 Å².